The first kappa shape index (κ1) is 18.9. The minimum absolute atomic E-state index is 0.111. The molecule has 0 bridgehead atoms. The van der Waals surface area contributed by atoms with Crippen LogP contribution in [0.4, 0.5) is 0 Å². The number of thiazole rings is 1. The highest BCUT2D eigenvalue weighted by molar-refractivity contribution is 14.1. The molecule has 0 aliphatic heterocycles. The molecule has 0 unspecified atom stereocenters. The fourth-order valence-electron chi connectivity index (χ4n) is 2.59. The molecule has 3 rings (SSSR count). The number of hydrogen-bond acceptors (Lipinski definition) is 5. The van der Waals surface area contributed by atoms with Crippen molar-refractivity contribution in [2.24, 2.45) is 0 Å². The lowest BCUT2D eigenvalue weighted by Gasteiger charge is -2.12. The van der Waals surface area contributed by atoms with E-state index in [-0.39, 0.29) is 5.91 Å². The summed E-state index contributed by atoms with van der Waals surface area (Å²) in [7, 11) is 3.14. The molecule has 3 aromatic rings. The molecule has 0 saturated carbocycles. The molecule has 26 heavy (non-hydrogen) atoms. The Kier molecular flexibility index (Phi) is 6.31. The van der Waals surface area contributed by atoms with Gasteiger partial charge in [0.05, 0.1) is 35.0 Å². The summed E-state index contributed by atoms with van der Waals surface area (Å²) in [6, 6.07) is 11.6. The lowest BCUT2D eigenvalue weighted by Crippen LogP contribution is -2.25. The third-order valence-electron chi connectivity index (χ3n) is 3.91. The summed E-state index contributed by atoms with van der Waals surface area (Å²) in [6.07, 6.45) is 1.69. The third-order valence-corrected chi connectivity index (χ3v) is 5.90. The molecule has 1 aromatic heterocycles. The number of rotatable bonds is 7. The molecule has 0 saturated heterocycles. The Labute approximate surface area is 169 Å². The molecule has 0 aliphatic rings. The van der Waals surface area contributed by atoms with E-state index in [4.69, 9.17) is 9.47 Å². The summed E-state index contributed by atoms with van der Waals surface area (Å²) < 4.78 is 12.6. The van der Waals surface area contributed by atoms with Gasteiger partial charge in [0.25, 0.3) is 5.91 Å². The largest absolute Gasteiger partial charge is 0.493 e. The van der Waals surface area contributed by atoms with Gasteiger partial charge in [0.2, 0.25) is 0 Å². The van der Waals surface area contributed by atoms with E-state index in [9.17, 15) is 4.79 Å². The molecule has 0 spiro atoms. The first-order valence-electron chi connectivity index (χ1n) is 8.16. The van der Waals surface area contributed by atoms with E-state index in [1.807, 2.05) is 18.2 Å². The number of ether oxygens (including phenoxy) is 2. The Hall–Kier alpha value is -1.87. The van der Waals surface area contributed by atoms with Crippen LogP contribution in [0.2, 0.25) is 0 Å². The van der Waals surface area contributed by atoms with E-state index < -0.39 is 0 Å². The van der Waals surface area contributed by atoms with Crippen molar-refractivity contribution in [3.63, 3.8) is 0 Å². The molecule has 136 valence electrons. The third kappa shape index (κ3) is 4.27. The maximum atomic E-state index is 12.5. The Balaban J connectivity index is 1.57. The number of amides is 1. The van der Waals surface area contributed by atoms with Gasteiger partial charge in [-0.05, 0) is 53.3 Å². The molecular formula is C19H19IN2O3S. The number of hydrogen-bond donors (Lipinski definition) is 1. The van der Waals surface area contributed by atoms with Crippen LogP contribution in [0.3, 0.4) is 0 Å². The summed E-state index contributed by atoms with van der Waals surface area (Å²) in [5.41, 5.74) is 1.62. The SMILES string of the molecule is COc1cc(I)c(C(=O)NCCCc2nc3ccccc3s2)cc1OC. The molecular weight excluding hydrogens is 463 g/mol. The van der Waals surface area contributed by atoms with Gasteiger partial charge in [-0.1, -0.05) is 12.1 Å². The van der Waals surface area contributed by atoms with E-state index in [0.717, 1.165) is 26.9 Å². The average molecular weight is 482 g/mol. The summed E-state index contributed by atoms with van der Waals surface area (Å²) in [5, 5.41) is 4.07. The lowest BCUT2D eigenvalue weighted by atomic mass is 10.2. The summed E-state index contributed by atoms with van der Waals surface area (Å²) >= 11 is 3.84. The van der Waals surface area contributed by atoms with Gasteiger partial charge in [-0.15, -0.1) is 11.3 Å². The van der Waals surface area contributed by atoms with Crippen LogP contribution in [0.5, 0.6) is 11.5 Å². The van der Waals surface area contributed by atoms with E-state index >= 15 is 0 Å². The summed E-state index contributed by atoms with van der Waals surface area (Å²) in [4.78, 5) is 17.1. The number of carbonyl (C=O) groups is 1. The highest BCUT2D eigenvalue weighted by atomic mass is 127. The van der Waals surface area contributed by atoms with Crippen molar-refractivity contribution in [1.29, 1.82) is 0 Å². The highest BCUT2D eigenvalue weighted by Gasteiger charge is 2.15. The number of nitrogens with one attached hydrogen (secondary N) is 1. The molecule has 0 aliphatic carbocycles. The number of aryl methyl sites for hydroxylation is 1. The minimum Gasteiger partial charge on any atom is -0.493 e. The van der Waals surface area contributed by atoms with Gasteiger partial charge in [-0.2, -0.15) is 0 Å². The number of halogens is 1. The normalized spacial score (nSPS) is 10.7. The van der Waals surface area contributed by atoms with Crippen molar-refractivity contribution >= 4 is 50.1 Å². The zero-order valence-electron chi connectivity index (χ0n) is 14.5. The van der Waals surface area contributed by atoms with Gasteiger partial charge < -0.3 is 14.8 Å². The van der Waals surface area contributed by atoms with Crippen LogP contribution >= 0.6 is 33.9 Å². The van der Waals surface area contributed by atoms with Crippen LogP contribution in [0.1, 0.15) is 21.8 Å². The molecule has 0 atom stereocenters. The van der Waals surface area contributed by atoms with E-state index in [2.05, 4.69) is 39.0 Å². The number of nitrogens with zero attached hydrogens (tertiary/aromatic N) is 1. The highest BCUT2D eigenvalue weighted by Crippen LogP contribution is 2.31. The van der Waals surface area contributed by atoms with Crippen LogP contribution in [0, 0.1) is 3.57 Å². The van der Waals surface area contributed by atoms with E-state index in [1.165, 1.54) is 4.70 Å². The van der Waals surface area contributed by atoms with Gasteiger partial charge in [-0.3, -0.25) is 4.79 Å². The molecule has 1 heterocycles. The van der Waals surface area contributed by atoms with Crippen molar-refractivity contribution < 1.29 is 14.3 Å². The van der Waals surface area contributed by atoms with E-state index in [0.29, 0.717) is 23.6 Å². The molecule has 7 heteroatoms. The van der Waals surface area contributed by atoms with Gasteiger partial charge in [-0.25, -0.2) is 4.98 Å². The van der Waals surface area contributed by atoms with Crippen LogP contribution < -0.4 is 14.8 Å². The Morgan fingerprint density at radius 2 is 1.92 bits per heavy atom. The van der Waals surface area contributed by atoms with Crippen LogP contribution in [-0.2, 0) is 6.42 Å². The quantitative estimate of drug-likeness (QED) is 0.404. The average Bonchev–Trinajstić information content (AvgIpc) is 3.07. The molecule has 5 nitrogen and oxygen atoms in total. The van der Waals surface area contributed by atoms with Gasteiger partial charge >= 0.3 is 0 Å². The number of aromatic nitrogens is 1. The first-order valence-corrected chi connectivity index (χ1v) is 10.1. The maximum absolute atomic E-state index is 12.5. The summed E-state index contributed by atoms with van der Waals surface area (Å²) in [5.74, 6) is 1.05. The fraction of sp³-hybridized carbons (Fsp3) is 0.263. The Morgan fingerprint density at radius 3 is 2.65 bits per heavy atom. The fourth-order valence-corrected chi connectivity index (χ4v) is 4.28. The van der Waals surface area contributed by atoms with Gasteiger partial charge in [0.1, 0.15) is 0 Å². The molecule has 1 N–H and O–H groups in total. The maximum Gasteiger partial charge on any atom is 0.252 e. The predicted octanol–water partition coefficient (Wildman–Crippen LogP) is 4.28. The Morgan fingerprint density at radius 1 is 1.19 bits per heavy atom. The number of benzene rings is 2. The van der Waals surface area contributed by atoms with Crippen molar-refractivity contribution in [1.82, 2.24) is 10.3 Å². The zero-order valence-corrected chi connectivity index (χ0v) is 17.5. The van der Waals surface area contributed by atoms with E-state index in [1.54, 1.807) is 37.7 Å². The van der Waals surface area contributed by atoms with Crippen molar-refractivity contribution in [2.75, 3.05) is 20.8 Å². The van der Waals surface area contributed by atoms with Crippen molar-refractivity contribution in [3.05, 3.63) is 50.5 Å². The topological polar surface area (TPSA) is 60.5 Å². The molecule has 1 amide bonds. The van der Waals surface area contributed by atoms with Crippen LogP contribution in [0.25, 0.3) is 10.2 Å². The van der Waals surface area contributed by atoms with Gasteiger partial charge in [0.15, 0.2) is 11.5 Å². The predicted molar refractivity (Wildman–Crippen MR) is 113 cm³/mol. The minimum atomic E-state index is -0.111. The van der Waals surface area contributed by atoms with Crippen molar-refractivity contribution in [2.45, 2.75) is 12.8 Å². The molecule has 0 fully saturated rings. The van der Waals surface area contributed by atoms with Crippen LogP contribution in [0.15, 0.2) is 36.4 Å². The lowest BCUT2D eigenvalue weighted by molar-refractivity contribution is 0.0952. The Bertz CT molecular complexity index is 893. The van der Waals surface area contributed by atoms with Crippen LogP contribution in [-0.4, -0.2) is 31.7 Å². The smallest absolute Gasteiger partial charge is 0.252 e. The van der Waals surface area contributed by atoms with Crippen molar-refractivity contribution in [3.8, 4) is 11.5 Å². The standard InChI is InChI=1S/C19H19IN2O3S/c1-24-15-10-12(13(20)11-16(15)25-2)19(23)21-9-5-8-18-22-14-6-3-4-7-17(14)26-18/h3-4,6-7,10-11H,5,8-9H2,1-2H3,(H,21,23). The number of fused-ring (bicyclic) bond motifs is 1. The zero-order chi connectivity index (χ0) is 18.5. The second-order valence-electron chi connectivity index (χ2n) is 5.62. The number of para-hydroxylation sites is 1. The van der Waals surface area contributed by atoms with Gasteiger partial charge in [0, 0.05) is 16.5 Å². The molecule has 0 radical (unpaired) electrons. The number of carbonyl (C=O) groups excluding carboxylic acids is 1. The number of methoxy groups -OCH3 is 2. The monoisotopic (exact) mass is 482 g/mol. The molecule has 2 aromatic carbocycles. The summed E-state index contributed by atoms with van der Waals surface area (Å²) in [6.45, 7) is 0.596. The second-order valence-corrected chi connectivity index (χ2v) is 7.90. The second kappa shape index (κ2) is 8.68. The first-order chi connectivity index (χ1) is 12.6.